The molecule has 0 spiro atoms. The number of amides is 1. The zero-order chi connectivity index (χ0) is 17.9. The average molecular weight is 391 g/mol. The van der Waals surface area contributed by atoms with Crippen LogP contribution in [-0.4, -0.2) is 28.1 Å². The van der Waals surface area contributed by atoms with E-state index in [1.165, 1.54) is 12.8 Å². The van der Waals surface area contributed by atoms with Gasteiger partial charge in [-0.05, 0) is 44.1 Å². The molecule has 6 nitrogen and oxygen atoms in total. The van der Waals surface area contributed by atoms with E-state index >= 15 is 0 Å². The second-order valence-corrected chi connectivity index (χ2v) is 7.68. The van der Waals surface area contributed by atoms with Crippen LogP contribution in [0.4, 0.5) is 0 Å². The van der Waals surface area contributed by atoms with E-state index in [0.717, 1.165) is 18.4 Å². The zero-order valence-electron chi connectivity index (χ0n) is 15.6. The lowest BCUT2D eigenvalue weighted by molar-refractivity contribution is -0.123. The molecule has 1 amide bonds. The van der Waals surface area contributed by atoms with Crippen molar-refractivity contribution in [3.05, 3.63) is 47.6 Å². The Labute approximate surface area is 165 Å². The number of benzene rings is 1. The Morgan fingerprint density at radius 3 is 2.67 bits per heavy atom. The quantitative estimate of drug-likeness (QED) is 0.791. The molecule has 3 heterocycles. The number of nitrogens with one attached hydrogen (secondary N) is 2. The molecule has 0 saturated carbocycles. The fourth-order valence-corrected chi connectivity index (χ4v) is 4.26. The number of hydrogen-bond donors (Lipinski definition) is 2. The first-order valence-corrected chi connectivity index (χ1v) is 9.57. The summed E-state index contributed by atoms with van der Waals surface area (Å²) in [5, 5.41) is 10.7. The molecule has 2 N–H and O–H groups in total. The maximum absolute atomic E-state index is 12.4. The van der Waals surface area contributed by atoms with Crippen LogP contribution in [0, 0.1) is 5.92 Å². The van der Waals surface area contributed by atoms with Crippen molar-refractivity contribution in [3.63, 3.8) is 0 Å². The molecule has 0 radical (unpaired) electrons. The topological polar surface area (TPSA) is 80.0 Å². The predicted molar refractivity (Wildman–Crippen MR) is 105 cm³/mol. The number of halogens is 1. The molecular formula is C20H27ClN4O2. The van der Waals surface area contributed by atoms with E-state index in [2.05, 4.69) is 20.8 Å². The molecule has 2 bridgehead atoms. The third-order valence-corrected chi connectivity index (χ3v) is 5.48. The molecule has 1 aromatic carbocycles. The number of carbonyl (C=O) groups is 1. The minimum absolute atomic E-state index is 0. The van der Waals surface area contributed by atoms with E-state index < -0.39 is 0 Å². The second-order valence-electron chi connectivity index (χ2n) is 7.68. The average Bonchev–Trinajstić information content (AvgIpc) is 3.22. The normalized spacial score (nSPS) is 24.9. The highest BCUT2D eigenvalue weighted by molar-refractivity contribution is 5.85. The first-order valence-electron chi connectivity index (χ1n) is 9.57. The van der Waals surface area contributed by atoms with Crippen molar-refractivity contribution in [1.29, 1.82) is 0 Å². The lowest BCUT2D eigenvalue weighted by atomic mass is 9.89. The van der Waals surface area contributed by atoms with Crippen LogP contribution in [0.2, 0.25) is 0 Å². The monoisotopic (exact) mass is 390 g/mol. The summed E-state index contributed by atoms with van der Waals surface area (Å²) in [4.78, 5) is 16.8. The molecule has 2 aliphatic rings. The maximum Gasteiger partial charge on any atom is 0.248 e. The predicted octanol–water partition coefficient (Wildman–Crippen LogP) is 3.18. The number of nitrogens with zero attached hydrogens (tertiary/aromatic N) is 2. The Hall–Kier alpha value is -1.92. The van der Waals surface area contributed by atoms with E-state index in [9.17, 15) is 4.79 Å². The summed E-state index contributed by atoms with van der Waals surface area (Å²) < 4.78 is 5.35. The van der Waals surface area contributed by atoms with Gasteiger partial charge in [0.05, 0.1) is 0 Å². The van der Waals surface area contributed by atoms with Crippen LogP contribution in [0.1, 0.15) is 62.3 Å². The van der Waals surface area contributed by atoms with Crippen LogP contribution < -0.4 is 10.6 Å². The molecule has 0 aliphatic carbocycles. The molecule has 1 aromatic heterocycles. The smallest absolute Gasteiger partial charge is 0.248 e. The lowest BCUT2D eigenvalue weighted by Crippen LogP contribution is -2.40. The number of fused-ring (bicyclic) bond motifs is 2. The van der Waals surface area contributed by atoms with Gasteiger partial charge in [0.15, 0.2) is 5.82 Å². The third-order valence-electron chi connectivity index (χ3n) is 5.48. The third kappa shape index (κ3) is 5.08. The molecule has 2 fully saturated rings. The first kappa shape index (κ1) is 19.8. The number of hydrogen-bond acceptors (Lipinski definition) is 5. The van der Waals surface area contributed by atoms with Crippen LogP contribution in [0.15, 0.2) is 34.9 Å². The molecule has 7 heteroatoms. The minimum Gasteiger partial charge on any atom is -0.345 e. The van der Waals surface area contributed by atoms with Gasteiger partial charge >= 0.3 is 0 Å². The summed E-state index contributed by atoms with van der Waals surface area (Å²) in [6, 6.07) is 11.0. The standard InChI is InChI=1S/C20H26N4O2.ClH/c1-13(20-23-18(24-26-20)11-14-5-3-2-4-6-14)21-19(25)12-15-9-16-7-8-17(10-15)22-16;/h2-6,13,15-17,22H,7-12H2,1H3,(H,21,25);1H. The van der Waals surface area contributed by atoms with Gasteiger partial charge in [-0.1, -0.05) is 35.5 Å². The summed E-state index contributed by atoms with van der Waals surface area (Å²) in [5.41, 5.74) is 1.14. The minimum atomic E-state index is -0.266. The summed E-state index contributed by atoms with van der Waals surface area (Å²) >= 11 is 0. The SMILES string of the molecule is CC(NC(=O)CC1CC2CCC(C1)N2)c1nc(Cc2ccccc2)no1.Cl. The van der Waals surface area contributed by atoms with Crippen molar-refractivity contribution < 1.29 is 9.32 Å². The summed E-state index contributed by atoms with van der Waals surface area (Å²) in [7, 11) is 0. The molecule has 2 aliphatic heterocycles. The highest BCUT2D eigenvalue weighted by Crippen LogP contribution is 2.32. The number of rotatable bonds is 6. The van der Waals surface area contributed by atoms with E-state index in [-0.39, 0.29) is 24.4 Å². The molecule has 2 aromatic rings. The van der Waals surface area contributed by atoms with Crippen LogP contribution in [-0.2, 0) is 11.2 Å². The number of carbonyl (C=O) groups excluding carboxylic acids is 1. The van der Waals surface area contributed by atoms with Crippen molar-refractivity contribution in [3.8, 4) is 0 Å². The lowest BCUT2D eigenvalue weighted by Gasteiger charge is -2.28. The van der Waals surface area contributed by atoms with Crippen molar-refractivity contribution in [2.45, 2.75) is 63.6 Å². The van der Waals surface area contributed by atoms with Gasteiger partial charge < -0.3 is 15.2 Å². The molecule has 4 rings (SSSR count). The van der Waals surface area contributed by atoms with Crippen LogP contribution in [0.5, 0.6) is 0 Å². The zero-order valence-corrected chi connectivity index (χ0v) is 16.4. The van der Waals surface area contributed by atoms with Gasteiger partial charge in [-0.2, -0.15) is 4.98 Å². The van der Waals surface area contributed by atoms with Crippen LogP contribution in [0.25, 0.3) is 0 Å². The molecule has 3 atom stereocenters. The largest absolute Gasteiger partial charge is 0.345 e. The Balaban J connectivity index is 0.00000210. The van der Waals surface area contributed by atoms with Crippen molar-refractivity contribution >= 4 is 18.3 Å². The van der Waals surface area contributed by atoms with E-state index in [1.54, 1.807) is 0 Å². The Morgan fingerprint density at radius 2 is 1.96 bits per heavy atom. The van der Waals surface area contributed by atoms with Crippen molar-refractivity contribution in [1.82, 2.24) is 20.8 Å². The van der Waals surface area contributed by atoms with Crippen molar-refractivity contribution in [2.75, 3.05) is 0 Å². The summed E-state index contributed by atoms with van der Waals surface area (Å²) in [6.45, 7) is 1.89. The summed E-state index contributed by atoms with van der Waals surface area (Å²) in [5.74, 6) is 1.67. The maximum atomic E-state index is 12.4. The number of piperidine rings is 1. The van der Waals surface area contributed by atoms with E-state index in [0.29, 0.717) is 42.6 Å². The molecule has 27 heavy (non-hydrogen) atoms. The highest BCUT2D eigenvalue weighted by Gasteiger charge is 2.34. The Morgan fingerprint density at radius 1 is 1.26 bits per heavy atom. The van der Waals surface area contributed by atoms with Gasteiger partial charge in [-0.25, -0.2) is 0 Å². The van der Waals surface area contributed by atoms with Gasteiger partial charge in [0.25, 0.3) is 0 Å². The van der Waals surface area contributed by atoms with E-state index in [1.807, 2.05) is 37.3 Å². The van der Waals surface area contributed by atoms with Gasteiger partial charge in [-0.3, -0.25) is 4.79 Å². The summed E-state index contributed by atoms with van der Waals surface area (Å²) in [6.07, 6.45) is 5.95. The van der Waals surface area contributed by atoms with Gasteiger partial charge in [0.1, 0.15) is 6.04 Å². The van der Waals surface area contributed by atoms with E-state index in [4.69, 9.17) is 4.52 Å². The highest BCUT2D eigenvalue weighted by atomic mass is 35.5. The molecule has 146 valence electrons. The Bertz CT molecular complexity index is 739. The Kier molecular flexibility index (Phi) is 6.50. The molecular weight excluding hydrogens is 364 g/mol. The van der Waals surface area contributed by atoms with Gasteiger partial charge in [-0.15, -0.1) is 12.4 Å². The van der Waals surface area contributed by atoms with Crippen LogP contribution >= 0.6 is 12.4 Å². The second kappa shape index (κ2) is 8.85. The molecule has 3 unspecified atom stereocenters. The van der Waals surface area contributed by atoms with Crippen molar-refractivity contribution in [2.24, 2.45) is 5.92 Å². The van der Waals surface area contributed by atoms with Gasteiger partial charge in [0.2, 0.25) is 11.8 Å². The molecule has 2 saturated heterocycles. The van der Waals surface area contributed by atoms with Crippen LogP contribution in [0.3, 0.4) is 0 Å². The number of aromatic nitrogens is 2. The fourth-order valence-electron chi connectivity index (χ4n) is 4.26. The van der Waals surface area contributed by atoms with Gasteiger partial charge in [0, 0.05) is 24.9 Å². The fraction of sp³-hybridized carbons (Fsp3) is 0.550. The first-order chi connectivity index (χ1) is 12.7.